The molecule has 3 heterocycles. The standard InChI is InChI=1S/C16H17N3O4/c1-11-5-4-8-16(18(11)23-16)17-10-15(2,3)22-14-7-6-12(19(20)21)9-13(14)17/h4-9H,10H2,1-3H3. The molecule has 0 aliphatic carbocycles. The minimum absolute atomic E-state index is 0.0349. The van der Waals surface area contributed by atoms with Gasteiger partial charge < -0.3 is 9.64 Å². The Balaban J connectivity index is 1.82. The van der Waals surface area contributed by atoms with E-state index in [2.05, 4.69) is 0 Å². The van der Waals surface area contributed by atoms with E-state index in [9.17, 15) is 10.1 Å². The number of hydroxylamine groups is 2. The minimum atomic E-state index is -0.718. The van der Waals surface area contributed by atoms with Gasteiger partial charge in [-0.3, -0.25) is 10.1 Å². The summed E-state index contributed by atoms with van der Waals surface area (Å²) in [7, 11) is 0. The second-order valence-corrected chi connectivity index (χ2v) is 6.57. The highest BCUT2D eigenvalue weighted by molar-refractivity contribution is 5.67. The van der Waals surface area contributed by atoms with Crippen LogP contribution >= 0.6 is 0 Å². The summed E-state index contributed by atoms with van der Waals surface area (Å²) in [5.41, 5.74) is 1.26. The van der Waals surface area contributed by atoms with E-state index in [1.165, 1.54) is 6.07 Å². The number of allylic oxidation sites excluding steroid dienone is 3. The van der Waals surface area contributed by atoms with Crippen molar-refractivity contribution in [2.75, 3.05) is 11.4 Å². The van der Waals surface area contributed by atoms with Crippen molar-refractivity contribution in [2.24, 2.45) is 0 Å². The summed E-state index contributed by atoms with van der Waals surface area (Å²) in [5.74, 6) is -0.0959. The van der Waals surface area contributed by atoms with Gasteiger partial charge in [0.25, 0.3) is 11.5 Å². The van der Waals surface area contributed by atoms with Gasteiger partial charge >= 0.3 is 0 Å². The van der Waals surface area contributed by atoms with Crippen LogP contribution in [0.1, 0.15) is 20.8 Å². The number of fused-ring (bicyclic) bond motifs is 2. The molecule has 0 bridgehead atoms. The van der Waals surface area contributed by atoms with Crippen molar-refractivity contribution in [1.82, 2.24) is 5.06 Å². The lowest BCUT2D eigenvalue weighted by Crippen LogP contribution is -2.53. The Morgan fingerprint density at radius 2 is 2.13 bits per heavy atom. The summed E-state index contributed by atoms with van der Waals surface area (Å²) in [4.78, 5) is 18.6. The zero-order chi connectivity index (χ0) is 16.4. The first-order valence-corrected chi connectivity index (χ1v) is 7.43. The van der Waals surface area contributed by atoms with Crippen molar-refractivity contribution in [3.8, 4) is 5.75 Å². The van der Waals surface area contributed by atoms with Gasteiger partial charge in [0.05, 0.1) is 17.2 Å². The van der Waals surface area contributed by atoms with Gasteiger partial charge in [0.15, 0.2) is 0 Å². The Kier molecular flexibility index (Phi) is 2.61. The molecule has 1 fully saturated rings. The lowest BCUT2D eigenvalue weighted by molar-refractivity contribution is -0.384. The van der Waals surface area contributed by atoms with Gasteiger partial charge in [0.1, 0.15) is 11.4 Å². The van der Waals surface area contributed by atoms with E-state index >= 15 is 0 Å². The first-order chi connectivity index (χ1) is 10.8. The van der Waals surface area contributed by atoms with Crippen LogP contribution in [0.15, 0.2) is 42.1 Å². The summed E-state index contributed by atoms with van der Waals surface area (Å²) in [6.45, 7) is 6.49. The molecule has 0 saturated carbocycles. The van der Waals surface area contributed by atoms with E-state index < -0.39 is 16.4 Å². The molecule has 0 N–H and O–H groups in total. The van der Waals surface area contributed by atoms with Crippen LogP contribution in [-0.4, -0.2) is 28.0 Å². The molecule has 1 unspecified atom stereocenters. The summed E-state index contributed by atoms with van der Waals surface area (Å²) in [5, 5.41) is 12.9. The monoisotopic (exact) mass is 315 g/mol. The molecular formula is C16H17N3O4. The van der Waals surface area contributed by atoms with Crippen LogP contribution in [0.5, 0.6) is 5.75 Å². The maximum Gasteiger partial charge on any atom is 0.288 e. The van der Waals surface area contributed by atoms with E-state index in [1.54, 1.807) is 17.2 Å². The van der Waals surface area contributed by atoms with E-state index in [-0.39, 0.29) is 5.69 Å². The normalized spacial score (nSPS) is 26.8. The Morgan fingerprint density at radius 3 is 2.87 bits per heavy atom. The smallest absolute Gasteiger partial charge is 0.288 e. The predicted molar refractivity (Wildman–Crippen MR) is 83.7 cm³/mol. The van der Waals surface area contributed by atoms with Crippen molar-refractivity contribution >= 4 is 11.4 Å². The van der Waals surface area contributed by atoms with Crippen molar-refractivity contribution in [3.05, 3.63) is 52.2 Å². The van der Waals surface area contributed by atoms with Crippen LogP contribution in [0.25, 0.3) is 0 Å². The third-order valence-electron chi connectivity index (χ3n) is 4.21. The summed E-state index contributed by atoms with van der Waals surface area (Å²) in [6, 6.07) is 4.66. The van der Waals surface area contributed by atoms with Crippen LogP contribution in [0.2, 0.25) is 0 Å². The number of anilines is 1. The molecule has 0 aromatic heterocycles. The lowest BCUT2D eigenvalue weighted by atomic mass is 10.0. The van der Waals surface area contributed by atoms with Crippen LogP contribution in [0.4, 0.5) is 11.4 Å². The maximum atomic E-state index is 11.1. The van der Waals surface area contributed by atoms with Crippen LogP contribution < -0.4 is 9.64 Å². The molecule has 23 heavy (non-hydrogen) atoms. The van der Waals surface area contributed by atoms with E-state index in [0.29, 0.717) is 18.0 Å². The van der Waals surface area contributed by atoms with Gasteiger partial charge in [0.2, 0.25) is 0 Å². The van der Waals surface area contributed by atoms with Crippen LogP contribution in [0, 0.1) is 10.1 Å². The molecule has 3 aliphatic rings. The Hall–Kier alpha value is -2.54. The molecule has 3 aliphatic heterocycles. The first kappa shape index (κ1) is 14.1. The fraction of sp³-hybridized carbons (Fsp3) is 0.375. The molecule has 1 aromatic rings. The number of benzene rings is 1. The minimum Gasteiger partial charge on any atom is -0.484 e. The number of nitro benzene ring substituents is 1. The first-order valence-electron chi connectivity index (χ1n) is 7.43. The topological polar surface area (TPSA) is 71.2 Å². The molecule has 120 valence electrons. The van der Waals surface area contributed by atoms with Crippen molar-refractivity contribution < 1.29 is 14.5 Å². The van der Waals surface area contributed by atoms with Crippen molar-refractivity contribution in [2.45, 2.75) is 32.2 Å². The molecule has 1 saturated heterocycles. The Bertz CT molecular complexity index is 771. The van der Waals surface area contributed by atoms with Gasteiger partial charge in [-0.1, -0.05) is 6.08 Å². The van der Waals surface area contributed by atoms with Crippen molar-refractivity contribution in [1.29, 1.82) is 0 Å². The molecule has 0 amide bonds. The van der Waals surface area contributed by atoms with Gasteiger partial charge in [-0.25, -0.2) is 4.84 Å². The Labute approximate surface area is 133 Å². The number of non-ortho nitro benzene ring substituents is 1. The van der Waals surface area contributed by atoms with Gasteiger partial charge in [-0.2, -0.15) is 5.06 Å². The third-order valence-corrected chi connectivity index (χ3v) is 4.21. The molecule has 7 nitrogen and oxygen atoms in total. The van der Waals surface area contributed by atoms with Gasteiger partial charge in [-0.15, -0.1) is 0 Å². The third kappa shape index (κ3) is 2.00. The number of ether oxygens (including phenoxy) is 1. The van der Waals surface area contributed by atoms with E-state index in [1.807, 2.05) is 43.9 Å². The molecule has 4 rings (SSSR count). The molecule has 1 atom stereocenters. The second kappa shape index (κ2) is 4.26. The zero-order valence-electron chi connectivity index (χ0n) is 13.1. The number of nitro groups is 1. The summed E-state index contributed by atoms with van der Waals surface area (Å²) < 4.78 is 5.99. The predicted octanol–water partition coefficient (Wildman–Crippen LogP) is 2.95. The number of hydrogen-bond acceptors (Lipinski definition) is 6. The van der Waals surface area contributed by atoms with E-state index in [0.717, 1.165) is 5.70 Å². The highest BCUT2D eigenvalue weighted by Crippen LogP contribution is 2.52. The quantitative estimate of drug-likeness (QED) is 0.475. The number of nitrogens with zero attached hydrogens (tertiary/aromatic N) is 3. The summed E-state index contributed by atoms with van der Waals surface area (Å²) >= 11 is 0. The second-order valence-electron chi connectivity index (χ2n) is 6.57. The largest absolute Gasteiger partial charge is 0.484 e. The van der Waals surface area contributed by atoms with Crippen molar-refractivity contribution in [3.63, 3.8) is 0 Å². The molecule has 0 radical (unpaired) electrons. The molecular weight excluding hydrogens is 298 g/mol. The highest BCUT2D eigenvalue weighted by Gasteiger charge is 2.62. The molecule has 7 heteroatoms. The SMILES string of the molecule is CC1=CC=CC2(N3CC(C)(C)Oc4ccc([N+](=O)[O-])cc43)ON12. The van der Waals surface area contributed by atoms with E-state index in [4.69, 9.17) is 9.57 Å². The summed E-state index contributed by atoms with van der Waals surface area (Å²) in [6.07, 6.45) is 5.85. The maximum absolute atomic E-state index is 11.1. The zero-order valence-corrected chi connectivity index (χ0v) is 13.1. The Morgan fingerprint density at radius 1 is 1.35 bits per heavy atom. The molecule has 0 spiro atoms. The fourth-order valence-electron chi connectivity index (χ4n) is 3.16. The lowest BCUT2D eigenvalue weighted by Gasteiger charge is -2.42. The highest BCUT2D eigenvalue weighted by atomic mass is 16.9. The van der Waals surface area contributed by atoms with Gasteiger partial charge in [-0.05, 0) is 39.0 Å². The average Bonchev–Trinajstić information content (AvgIpc) is 3.22. The van der Waals surface area contributed by atoms with Crippen LogP contribution in [-0.2, 0) is 4.84 Å². The van der Waals surface area contributed by atoms with Gasteiger partial charge in [0, 0.05) is 17.8 Å². The average molecular weight is 315 g/mol. The number of hydrogen-bond donors (Lipinski definition) is 0. The van der Waals surface area contributed by atoms with Crippen LogP contribution in [0.3, 0.4) is 0 Å². The molecule has 1 aromatic carbocycles. The number of rotatable bonds is 2. The fourth-order valence-corrected chi connectivity index (χ4v) is 3.16.